The van der Waals surface area contributed by atoms with E-state index in [-0.39, 0.29) is 35.0 Å². The summed E-state index contributed by atoms with van der Waals surface area (Å²) in [5, 5.41) is 5.69. The van der Waals surface area contributed by atoms with Crippen LogP contribution in [-0.2, 0) is 22.3 Å². The molecule has 2 fully saturated rings. The van der Waals surface area contributed by atoms with Gasteiger partial charge in [-0.25, -0.2) is 0 Å². The van der Waals surface area contributed by atoms with Gasteiger partial charge in [0.05, 0.1) is 34.8 Å². The summed E-state index contributed by atoms with van der Waals surface area (Å²) in [7, 11) is 0. The first-order valence-electron chi connectivity index (χ1n) is 13.1. The molecule has 5 rings (SSSR count). The van der Waals surface area contributed by atoms with Gasteiger partial charge in [0.25, 0.3) is 11.8 Å². The molecule has 206 valence electrons. The predicted octanol–water partition coefficient (Wildman–Crippen LogP) is 3.50. The molecule has 8 nitrogen and oxygen atoms in total. The maximum Gasteiger partial charge on any atom is 0.416 e. The molecule has 3 aliphatic heterocycles. The largest absolute Gasteiger partial charge is 0.416 e. The monoisotopic (exact) mass is 542 g/mol. The fourth-order valence-electron chi connectivity index (χ4n) is 5.53. The van der Waals surface area contributed by atoms with Gasteiger partial charge in [0.15, 0.2) is 0 Å². The number of nitrogens with one attached hydrogen (secondary N) is 2. The maximum absolute atomic E-state index is 13.4. The number of rotatable bonds is 5. The van der Waals surface area contributed by atoms with E-state index in [1.807, 2.05) is 4.90 Å². The van der Waals surface area contributed by atoms with E-state index in [2.05, 4.69) is 10.6 Å². The third-order valence-corrected chi connectivity index (χ3v) is 7.56. The van der Waals surface area contributed by atoms with Crippen molar-refractivity contribution >= 4 is 29.3 Å². The van der Waals surface area contributed by atoms with E-state index in [1.54, 1.807) is 12.1 Å². The van der Waals surface area contributed by atoms with E-state index in [0.29, 0.717) is 44.6 Å². The number of alkyl halides is 3. The van der Waals surface area contributed by atoms with E-state index < -0.39 is 35.5 Å². The smallest absolute Gasteiger partial charge is 0.370 e. The van der Waals surface area contributed by atoms with Gasteiger partial charge in [-0.1, -0.05) is 18.2 Å². The third kappa shape index (κ3) is 5.48. The molecule has 3 aliphatic rings. The van der Waals surface area contributed by atoms with Gasteiger partial charge in [0, 0.05) is 19.6 Å². The molecule has 2 saturated heterocycles. The van der Waals surface area contributed by atoms with Gasteiger partial charge in [-0.05, 0) is 61.9 Å². The minimum absolute atomic E-state index is 0.181. The van der Waals surface area contributed by atoms with Crippen LogP contribution >= 0.6 is 0 Å². The Morgan fingerprint density at radius 3 is 2.59 bits per heavy atom. The lowest BCUT2D eigenvalue weighted by Crippen LogP contribution is -2.50. The zero-order chi connectivity index (χ0) is 27.7. The van der Waals surface area contributed by atoms with Crippen molar-refractivity contribution in [1.29, 1.82) is 0 Å². The van der Waals surface area contributed by atoms with Gasteiger partial charge in [0.2, 0.25) is 11.8 Å². The van der Waals surface area contributed by atoms with E-state index in [1.165, 1.54) is 18.2 Å². The molecular formula is C28H29F3N4O4. The van der Waals surface area contributed by atoms with Crippen molar-refractivity contribution in [3.05, 3.63) is 64.7 Å². The van der Waals surface area contributed by atoms with Crippen LogP contribution in [0.2, 0.25) is 0 Å². The van der Waals surface area contributed by atoms with Crippen molar-refractivity contribution in [2.24, 2.45) is 5.92 Å². The van der Waals surface area contributed by atoms with Crippen LogP contribution in [0.1, 0.15) is 63.9 Å². The Bertz CT molecular complexity index is 1310. The highest BCUT2D eigenvalue weighted by Crippen LogP contribution is 2.35. The highest BCUT2D eigenvalue weighted by molar-refractivity contribution is 6.23. The average molecular weight is 543 g/mol. The summed E-state index contributed by atoms with van der Waals surface area (Å²) in [6.45, 7) is 1.19. The van der Waals surface area contributed by atoms with Crippen molar-refractivity contribution < 1.29 is 32.3 Å². The molecule has 0 spiro atoms. The highest BCUT2D eigenvalue weighted by atomic mass is 19.4. The van der Waals surface area contributed by atoms with Gasteiger partial charge in [-0.15, -0.1) is 0 Å². The summed E-state index contributed by atoms with van der Waals surface area (Å²) in [6.07, 6.45) is -0.953. The SMILES string of the molecule is O=C(N[C@H]1CCCCNC1=O)C1CCCN(c2cccc3c2C(=O)N(Cc2cccc(C(F)(F)F)c2)C3=O)C1. The number of halogens is 3. The van der Waals surface area contributed by atoms with Crippen LogP contribution in [0.3, 0.4) is 0 Å². The predicted molar refractivity (Wildman–Crippen MR) is 136 cm³/mol. The quantitative estimate of drug-likeness (QED) is 0.564. The number of fused-ring (bicyclic) bond motifs is 1. The summed E-state index contributed by atoms with van der Waals surface area (Å²) in [6, 6.07) is 8.91. The molecule has 4 amide bonds. The molecule has 0 aromatic heterocycles. The summed E-state index contributed by atoms with van der Waals surface area (Å²) in [4.78, 5) is 54.8. The van der Waals surface area contributed by atoms with E-state index >= 15 is 0 Å². The van der Waals surface area contributed by atoms with Crippen molar-refractivity contribution in [3.63, 3.8) is 0 Å². The zero-order valence-electron chi connectivity index (χ0n) is 21.2. The summed E-state index contributed by atoms with van der Waals surface area (Å²) < 4.78 is 39.5. The topological polar surface area (TPSA) is 98.8 Å². The molecule has 39 heavy (non-hydrogen) atoms. The number of benzene rings is 2. The Morgan fingerprint density at radius 2 is 1.79 bits per heavy atom. The van der Waals surface area contributed by atoms with Crippen LogP contribution in [0, 0.1) is 5.92 Å². The molecule has 11 heteroatoms. The van der Waals surface area contributed by atoms with Gasteiger partial charge in [-0.2, -0.15) is 13.2 Å². The second-order valence-corrected chi connectivity index (χ2v) is 10.2. The number of carbonyl (C=O) groups excluding carboxylic acids is 4. The number of hydrogen-bond acceptors (Lipinski definition) is 5. The molecule has 0 saturated carbocycles. The molecule has 3 heterocycles. The maximum atomic E-state index is 13.4. The number of piperidine rings is 1. The van der Waals surface area contributed by atoms with Crippen molar-refractivity contribution in [1.82, 2.24) is 15.5 Å². The molecular weight excluding hydrogens is 513 g/mol. The van der Waals surface area contributed by atoms with Gasteiger partial charge >= 0.3 is 6.18 Å². The van der Waals surface area contributed by atoms with Crippen LogP contribution in [0.4, 0.5) is 18.9 Å². The summed E-state index contributed by atoms with van der Waals surface area (Å²) >= 11 is 0. The van der Waals surface area contributed by atoms with Gasteiger partial charge in [-0.3, -0.25) is 24.1 Å². The molecule has 1 unspecified atom stereocenters. The first-order chi connectivity index (χ1) is 18.6. The fraction of sp³-hybridized carbons (Fsp3) is 0.429. The van der Waals surface area contributed by atoms with Crippen LogP contribution < -0.4 is 15.5 Å². The number of nitrogens with zero attached hydrogens (tertiary/aromatic N) is 2. The average Bonchev–Trinajstić information content (AvgIpc) is 3.04. The van der Waals surface area contributed by atoms with E-state index in [4.69, 9.17) is 0 Å². The number of anilines is 1. The Balaban J connectivity index is 1.33. The lowest BCUT2D eigenvalue weighted by atomic mass is 9.94. The van der Waals surface area contributed by atoms with Crippen molar-refractivity contribution in [3.8, 4) is 0 Å². The molecule has 2 atom stereocenters. The Kier molecular flexibility index (Phi) is 7.33. The molecule has 2 aromatic rings. The van der Waals surface area contributed by atoms with Crippen LogP contribution in [0.25, 0.3) is 0 Å². The van der Waals surface area contributed by atoms with Crippen molar-refractivity contribution in [2.45, 2.75) is 50.9 Å². The minimum atomic E-state index is -4.54. The molecule has 0 aliphatic carbocycles. The highest BCUT2D eigenvalue weighted by Gasteiger charge is 2.40. The number of amides is 4. The van der Waals surface area contributed by atoms with Gasteiger partial charge in [0.1, 0.15) is 6.04 Å². The first-order valence-corrected chi connectivity index (χ1v) is 13.1. The number of imide groups is 1. The Labute approximate surface area is 223 Å². The lowest BCUT2D eigenvalue weighted by molar-refractivity contribution is -0.137. The van der Waals surface area contributed by atoms with Crippen LogP contribution in [0.15, 0.2) is 42.5 Å². The standard InChI is InChI=1S/C28H29F3N4O4/c29-28(30,31)19-8-3-6-17(14-19)15-35-26(38)20-9-4-11-22(23(20)27(35)39)34-13-5-7-18(16-34)24(36)33-21-10-1-2-12-32-25(21)37/h3-4,6,8-9,11,14,18,21H,1-2,5,7,10,12-13,15-16H2,(H,32,37)(H,33,36)/t18?,21-/m0/s1. The second-order valence-electron chi connectivity index (χ2n) is 10.2. The van der Waals surface area contributed by atoms with E-state index in [9.17, 15) is 32.3 Å². The van der Waals surface area contributed by atoms with Crippen LogP contribution in [-0.4, -0.2) is 54.2 Å². The van der Waals surface area contributed by atoms with Gasteiger partial charge < -0.3 is 15.5 Å². The molecule has 0 bridgehead atoms. The summed E-state index contributed by atoms with van der Waals surface area (Å²) in [5.41, 5.74) is 0.237. The Morgan fingerprint density at radius 1 is 1.00 bits per heavy atom. The second kappa shape index (κ2) is 10.7. The third-order valence-electron chi connectivity index (χ3n) is 7.56. The molecule has 0 radical (unpaired) electrons. The fourth-order valence-corrected chi connectivity index (χ4v) is 5.53. The lowest BCUT2D eigenvalue weighted by Gasteiger charge is -2.35. The zero-order valence-corrected chi connectivity index (χ0v) is 21.2. The number of carbonyl (C=O) groups is 4. The first kappa shape index (κ1) is 26.7. The minimum Gasteiger partial charge on any atom is -0.370 e. The van der Waals surface area contributed by atoms with Crippen LogP contribution in [0.5, 0.6) is 0 Å². The number of hydrogen-bond donors (Lipinski definition) is 2. The molecule has 2 N–H and O–H groups in total. The molecule has 2 aromatic carbocycles. The summed E-state index contributed by atoms with van der Waals surface area (Å²) in [5.74, 6) is -1.95. The van der Waals surface area contributed by atoms with E-state index in [0.717, 1.165) is 29.9 Å². The van der Waals surface area contributed by atoms with Crippen molar-refractivity contribution in [2.75, 3.05) is 24.5 Å². The normalized spacial score (nSPS) is 21.9. The Hall–Kier alpha value is -3.89.